The fourth-order valence-corrected chi connectivity index (χ4v) is 3.20. The molecule has 0 unspecified atom stereocenters. The predicted octanol–water partition coefficient (Wildman–Crippen LogP) is 4.37. The molecule has 0 saturated carbocycles. The van der Waals surface area contributed by atoms with Gasteiger partial charge >= 0.3 is 0 Å². The second-order valence-electron chi connectivity index (χ2n) is 6.45. The van der Waals surface area contributed by atoms with E-state index in [2.05, 4.69) is 17.6 Å². The second kappa shape index (κ2) is 6.26. The van der Waals surface area contributed by atoms with Gasteiger partial charge in [0.05, 0.1) is 18.3 Å². The Morgan fingerprint density at radius 2 is 2.00 bits per heavy atom. The van der Waals surface area contributed by atoms with Crippen molar-refractivity contribution in [3.05, 3.63) is 90.1 Å². The van der Waals surface area contributed by atoms with Gasteiger partial charge in [-0.25, -0.2) is 9.37 Å². The molecule has 0 bridgehead atoms. The molecule has 0 aliphatic carbocycles. The van der Waals surface area contributed by atoms with Gasteiger partial charge in [-0.05, 0) is 30.7 Å². The number of imidazole rings is 1. The molecule has 1 aliphatic rings. The lowest BCUT2D eigenvalue weighted by molar-refractivity contribution is 0.576. The smallest absolute Gasteiger partial charge is 0.143 e. The molecule has 0 N–H and O–H groups in total. The van der Waals surface area contributed by atoms with Crippen molar-refractivity contribution in [3.63, 3.8) is 0 Å². The van der Waals surface area contributed by atoms with Crippen molar-refractivity contribution in [2.75, 3.05) is 7.05 Å². The van der Waals surface area contributed by atoms with Crippen molar-refractivity contribution in [3.8, 4) is 0 Å². The Labute approximate surface area is 151 Å². The Bertz CT molecular complexity index is 1070. The number of benzene rings is 1. The lowest BCUT2D eigenvalue weighted by atomic mass is 10.1. The highest BCUT2D eigenvalue weighted by Crippen LogP contribution is 2.29. The molecular formula is C21H19FN4. The molecular weight excluding hydrogens is 327 g/mol. The fraction of sp³-hybridized carbons (Fsp3) is 0.143. The number of rotatable bonds is 3. The molecule has 0 amide bonds. The highest BCUT2D eigenvalue weighted by atomic mass is 19.1. The van der Waals surface area contributed by atoms with Crippen LogP contribution < -0.4 is 0 Å². The van der Waals surface area contributed by atoms with E-state index in [0.717, 1.165) is 33.7 Å². The highest BCUT2D eigenvalue weighted by Gasteiger charge is 2.19. The van der Waals surface area contributed by atoms with Crippen molar-refractivity contribution in [1.82, 2.24) is 19.4 Å². The maximum atomic E-state index is 14.2. The zero-order chi connectivity index (χ0) is 18.3. The number of hydrogen-bond donors (Lipinski definition) is 0. The van der Waals surface area contributed by atoms with E-state index in [-0.39, 0.29) is 5.82 Å². The standard InChI is InChI=1S/C21H19FN4/c1-14-10-17(12-25(3)15(14)2)21-24-19-11-23-9-8-20(19)26(21)13-16-6-4-5-7-18(16)22/h4-12H,2,13H2,1,3H3. The number of nitrogens with zero attached hydrogens (tertiary/aromatic N) is 4. The first-order valence-corrected chi connectivity index (χ1v) is 8.41. The average molecular weight is 346 g/mol. The first kappa shape index (κ1) is 16.3. The van der Waals surface area contributed by atoms with Crippen LogP contribution in [0.15, 0.2) is 72.9 Å². The van der Waals surface area contributed by atoms with Gasteiger partial charge in [-0.3, -0.25) is 4.98 Å². The average Bonchev–Trinajstić information content (AvgIpc) is 3.00. The first-order valence-electron chi connectivity index (χ1n) is 8.41. The Hall–Kier alpha value is -3.21. The van der Waals surface area contributed by atoms with Gasteiger partial charge in [-0.15, -0.1) is 0 Å². The predicted molar refractivity (Wildman–Crippen MR) is 102 cm³/mol. The van der Waals surface area contributed by atoms with E-state index in [1.807, 2.05) is 41.8 Å². The minimum absolute atomic E-state index is 0.218. The van der Waals surface area contributed by atoms with Gasteiger partial charge in [0.1, 0.15) is 17.2 Å². The summed E-state index contributed by atoms with van der Waals surface area (Å²) < 4.78 is 16.3. The van der Waals surface area contributed by atoms with Crippen molar-refractivity contribution < 1.29 is 4.39 Å². The number of hydrogen-bond acceptors (Lipinski definition) is 3. The van der Waals surface area contributed by atoms with Crippen molar-refractivity contribution in [1.29, 1.82) is 0 Å². The molecule has 1 aromatic carbocycles. The van der Waals surface area contributed by atoms with Gasteiger partial charge in [0, 0.05) is 36.3 Å². The number of likely N-dealkylation sites (N-methyl/N-ethyl adjacent to an activating group) is 1. The van der Waals surface area contributed by atoms with Crippen LogP contribution >= 0.6 is 0 Å². The van der Waals surface area contributed by atoms with Crippen LogP contribution in [-0.2, 0) is 6.54 Å². The van der Waals surface area contributed by atoms with Gasteiger partial charge in [-0.1, -0.05) is 24.8 Å². The molecule has 0 radical (unpaired) electrons. The van der Waals surface area contributed by atoms with Crippen LogP contribution in [0.4, 0.5) is 4.39 Å². The monoisotopic (exact) mass is 346 g/mol. The summed E-state index contributed by atoms with van der Waals surface area (Å²) in [4.78, 5) is 10.9. The number of fused-ring (bicyclic) bond motifs is 1. The zero-order valence-corrected chi connectivity index (χ0v) is 14.8. The summed E-state index contributed by atoms with van der Waals surface area (Å²) in [6.07, 6.45) is 7.53. The van der Waals surface area contributed by atoms with E-state index in [1.54, 1.807) is 24.5 Å². The summed E-state index contributed by atoms with van der Waals surface area (Å²) in [5.74, 6) is 0.569. The van der Waals surface area contributed by atoms with E-state index in [4.69, 9.17) is 4.98 Å². The Kier molecular flexibility index (Phi) is 3.92. The normalized spacial score (nSPS) is 14.6. The van der Waals surface area contributed by atoms with Crippen LogP contribution in [0.25, 0.3) is 16.6 Å². The third-order valence-electron chi connectivity index (χ3n) is 4.68. The van der Waals surface area contributed by atoms with E-state index in [0.29, 0.717) is 12.1 Å². The van der Waals surface area contributed by atoms with Crippen LogP contribution in [0, 0.1) is 5.82 Å². The molecule has 2 aromatic heterocycles. The van der Waals surface area contributed by atoms with E-state index in [9.17, 15) is 4.39 Å². The summed E-state index contributed by atoms with van der Waals surface area (Å²) in [5.41, 5.74) is 5.33. The molecule has 0 saturated heterocycles. The van der Waals surface area contributed by atoms with Crippen molar-refractivity contribution in [2.45, 2.75) is 13.5 Å². The summed E-state index contributed by atoms with van der Waals surface area (Å²) in [7, 11) is 1.96. The SMILES string of the molecule is C=C1C(C)=CC(c2nc3cnccc3n2Cc2ccccc2F)=CN1C. The maximum absolute atomic E-state index is 14.2. The Morgan fingerprint density at radius 3 is 2.77 bits per heavy atom. The van der Waals surface area contributed by atoms with E-state index < -0.39 is 0 Å². The summed E-state index contributed by atoms with van der Waals surface area (Å²) >= 11 is 0. The number of halogens is 1. The lowest BCUT2D eigenvalue weighted by Crippen LogP contribution is -2.16. The number of pyridine rings is 1. The molecule has 26 heavy (non-hydrogen) atoms. The minimum atomic E-state index is -0.218. The Balaban J connectivity index is 1.89. The molecule has 3 aromatic rings. The largest absolute Gasteiger partial charge is 0.351 e. The van der Waals surface area contributed by atoms with Crippen LogP contribution in [-0.4, -0.2) is 26.5 Å². The van der Waals surface area contributed by atoms with Gasteiger partial charge in [0.15, 0.2) is 0 Å². The van der Waals surface area contributed by atoms with E-state index in [1.165, 1.54) is 6.07 Å². The first-order chi connectivity index (χ1) is 12.5. The molecule has 130 valence electrons. The van der Waals surface area contributed by atoms with Crippen LogP contribution in [0.1, 0.15) is 18.3 Å². The lowest BCUT2D eigenvalue weighted by Gasteiger charge is -2.24. The fourth-order valence-electron chi connectivity index (χ4n) is 3.20. The molecule has 1 aliphatic heterocycles. The third kappa shape index (κ3) is 2.71. The number of aromatic nitrogens is 3. The van der Waals surface area contributed by atoms with Crippen molar-refractivity contribution in [2.24, 2.45) is 0 Å². The van der Waals surface area contributed by atoms with Crippen LogP contribution in [0.2, 0.25) is 0 Å². The zero-order valence-electron chi connectivity index (χ0n) is 14.8. The van der Waals surface area contributed by atoms with Gasteiger partial charge in [-0.2, -0.15) is 0 Å². The second-order valence-corrected chi connectivity index (χ2v) is 6.45. The molecule has 4 rings (SSSR count). The van der Waals surface area contributed by atoms with Crippen molar-refractivity contribution >= 4 is 16.6 Å². The quantitative estimate of drug-likeness (QED) is 0.706. The minimum Gasteiger partial charge on any atom is -0.351 e. The van der Waals surface area contributed by atoms with Gasteiger partial charge in [0.2, 0.25) is 0 Å². The molecule has 3 heterocycles. The van der Waals surface area contributed by atoms with Gasteiger partial charge in [0.25, 0.3) is 0 Å². The van der Waals surface area contributed by atoms with E-state index >= 15 is 0 Å². The third-order valence-corrected chi connectivity index (χ3v) is 4.68. The van der Waals surface area contributed by atoms with Crippen LogP contribution in [0.3, 0.4) is 0 Å². The molecule has 4 nitrogen and oxygen atoms in total. The topological polar surface area (TPSA) is 34.0 Å². The highest BCUT2D eigenvalue weighted by molar-refractivity contribution is 5.82. The number of allylic oxidation sites excluding steroid dienone is 3. The van der Waals surface area contributed by atoms with Crippen LogP contribution in [0.5, 0.6) is 0 Å². The molecule has 5 heteroatoms. The molecule has 0 spiro atoms. The summed E-state index contributed by atoms with van der Waals surface area (Å²) in [5, 5.41) is 0. The summed E-state index contributed by atoms with van der Waals surface area (Å²) in [6, 6.07) is 8.75. The Morgan fingerprint density at radius 1 is 1.19 bits per heavy atom. The molecule has 0 atom stereocenters. The maximum Gasteiger partial charge on any atom is 0.143 e. The summed E-state index contributed by atoms with van der Waals surface area (Å²) in [6.45, 7) is 6.50. The van der Waals surface area contributed by atoms with Gasteiger partial charge < -0.3 is 9.47 Å². The molecule has 0 fully saturated rings.